The largest absolute Gasteiger partial charge is 0.348 e. The minimum atomic E-state index is -1.20. The highest BCUT2D eigenvalue weighted by Crippen LogP contribution is 2.36. The average Bonchev–Trinajstić information content (AvgIpc) is 2.47. The van der Waals surface area contributed by atoms with Gasteiger partial charge >= 0.3 is 0 Å². The summed E-state index contributed by atoms with van der Waals surface area (Å²) in [5.41, 5.74) is 0. The molecule has 0 amide bonds. The van der Waals surface area contributed by atoms with Crippen LogP contribution >= 0.6 is 50.7 Å². The third-order valence-electron chi connectivity index (χ3n) is 2.26. The fourth-order valence-electron chi connectivity index (χ4n) is 1.47. The lowest BCUT2D eigenvalue weighted by atomic mass is 10.1. The topological polar surface area (TPSA) is 18.5 Å². The molecule has 1 fully saturated rings. The van der Waals surface area contributed by atoms with Crippen molar-refractivity contribution >= 4 is 50.7 Å². The Bertz CT molecular complexity index is 202. The quantitative estimate of drug-likeness (QED) is 0.719. The van der Waals surface area contributed by atoms with Gasteiger partial charge in [0.1, 0.15) is 0 Å². The van der Waals surface area contributed by atoms with Crippen LogP contribution in [-0.2, 0) is 9.47 Å². The van der Waals surface area contributed by atoms with E-state index >= 15 is 0 Å². The maximum absolute atomic E-state index is 5.70. The Balaban J connectivity index is 2.24. The van der Waals surface area contributed by atoms with E-state index in [1.807, 2.05) is 6.92 Å². The van der Waals surface area contributed by atoms with Gasteiger partial charge in [0.15, 0.2) is 9.58 Å². The van der Waals surface area contributed by atoms with Gasteiger partial charge in [-0.25, -0.2) is 0 Å². The van der Waals surface area contributed by atoms with Gasteiger partial charge in [-0.2, -0.15) is 0 Å². The van der Waals surface area contributed by atoms with E-state index in [2.05, 4.69) is 15.9 Å². The minimum absolute atomic E-state index is 0.162. The monoisotopic (exact) mass is 338 g/mol. The summed E-state index contributed by atoms with van der Waals surface area (Å²) in [5, 5.41) is 0. The van der Waals surface area contributed by atoms with Crippen LogP contribution in [0.5, 0.6) is 0 Å². The van der Waals surface area contributed by atoms with Gasteiger partial charge in [0.05, 0.1) is 13.2 Å². The number of halogens is 4. The molecule has 0 saturated carbocycles. The van der Waals surface area contributed by atoms with Gasteiger partial charge in [-0.05, 0) is 13.3 Å². The number of hydrogen-bond acceptors (Lipinski definition) is 2. The average molecular weight is 340 g/mol. The highest BCUT2D eigenvalue weighted by atomic mass is 79.9. The van der Waals surface area contributed by atoms with Gasteiger partial charge in [-0.15, -0.1) is 0 Å². The van der Waals surface area contributed by atoms with Crippen LogP contribution in [0.1, 0.15) is 26.2 Å². The van der Waals surface area contributed by atoms with Crippen molar-refractivity contribution in [1.82, 2.24) is 0 Å². The smallest absolute Gasteiger partial charge is 0.191 e. The van der Waals surface area contributed by atoms with Gasteiger partial charge in [0.2, 0.25) is 0 Å². The molecule has 90 valence electrons. The summed E-state index contributed by atoms with van der Waals surface area (Å²) in [6, 6.07) is 0. The van der Waals surface area contributed by atoms with Crippen LogP contribution in [0.2, 0.25) is 0 Å². The zero-order valence-corrected chi connectivity index (χ0v) is 12.3. The predicted molar refractivity (Wildman–Crippen MR) is 67.2 cm³/mol. The fourth-order valence-corrected chi connectivity index (χ4v) is 3.31. The second kappa shape index (κ2) is 5.74. The SMILES string of the molecule is CC1(CCC(Br)CC(Cl)(Cl)Cl)OCCO1. The zero-order chi connectivity index (χ0) is 11.5. The molecule has 0 aromatic heterocycles. The number of hydrogen-bond donors (Lipinski definition) is 0. The van der Waals surface area contributed by atoms with Crippen LogP contribution in [0.3, 0.4) is 0 Å². The molecule has 15 heavy (non-hydrogen) atoms. The van der Waals surface area contributed by atoms with Crippen LogP contribution in [0.25, 0.3) is 0 Å². The highest BCUT2D eigenvalue weighted by Gasteiger charge is 2.32. The molecule has 1 rings (SSSR count). The molecular weight excluding hydrogens is 326 g/mol. The molecule has 1 saturated heterocycles. The maximum atomic E-state index is 5.70. The number of ether oxygens (including phenoxy) is 2. The highest BCUT2D eigenvalue weighted by molar-refractivity contribution is 9.09. The fraction of sp³-hybridized carbons (Fsp3) is 1.00. The summed E-state index contributed by atoms with van der Waals surface area (Å²) in [6.45, 7) is 3.26. The predicted octanol–water partition coefficient (Wildman–Crippen LogP) is 4.05. The number of rotatable bonds is 4. The van der Waals surface area contributed by atoms with Crippen LogP contribution in [0.4, 0.5) is 0 Å². The second-order valence-corrected chi connectivity index (χ2v) is 7.60. The summed E-state index contributed by atoms with van der Waals surface area (Å²) < 4.78 is 9.76. The molecule has 0 spiro atoms. The third-order valence-corrected chi connectivity index (χ3v) is 3.51. The van der Waals surface area contributed by atoms with Crippen LogP contribution < -0.4 is 0 Å². The molecule has 0 aliphatic carbocycles. The Kier molecular flexibility index (Phi) is 5.49. The van der Waals surface area contributed by atoms with Crippen LogP contribution in [-0.4, -0.2) is 27.6 Å². The van der Waals surface area contributed by atoms with Crippen molar-refractivity contribution in [2.45, 2.75) is 40.6 Å². The van der Waals surface area contributed by atoms with Crippen molar-refractivity contribution in [3.63, 3.8) is 0 Å². The lowest BCUT2D eigenvalue weighted by Crippen LogP contribution is -2.27. The Morgan fingerprint density at radius 1 is 1.33 bits per heavy atom. The maximum Gasteiger partial charge on any atom is 0.191 e. The van der Waals surface area contributed by atoms with E-state index in [0.717, 1.165) is 12.8 Å². The molecular formula is C9H14BrCl3O2. The Morgan fingerprint density at radius 3 is 2.33 bits per heavy atom. The zero-order valence-electron chi connectivity index (χ0n) is 8.44. The summed E-state index contributed by atoms with van der Waals surface area (Å²) in [6.07, 6.45) is 2.13. The molecule has 1 aliphatic rings. The molecule has 0 aromatic rings. The Labute approximate surface area is 114 Å². The molecule has 1 unspecified atom stereocenters. The van der Waals surface area contributed by atoms with E-state index in [1.165, 1.54) is 0 Å². The molecule has 1 aliphatic heterocycles. The van der Waals surface area contributed by atoms with Gasteiger partial charge in [0.25, 0.3) is 0 Å². The third kappa shape index (κ3) is 5.94. The molecule has 2 nitrogen and oxygen atoms in total. The standard InChI is InChI=1S/C9H14BrCl3O2/c1-8(14-4-5-15-8)3-2-7(10)6-9(11,12)13/h7H,2-6H2,1H3. The van der Waals surface area contributed by atoms with E-state index in [0.29, 0.717) is 19.6 Å². The lowest BCUT2D eigenvalue weighted by Gasteiger charge is -2.24. The van der Waals surface area contributed by atoms with Crippen molar-refractivity contribution in [3.8, 4) is 0 Å². The summed E-state index contributed by atoms with van der Waals surface area (Å²) in [5.74, 6) is -0.459. The van der Waals surface area contributed by atoms with E-state index in [1.54, 1.807) is 0 Å². The van der Waals surface area contributed by atoms with Crippen molar-refractivity contribution < 1.29 is 9.47 Å². The Morgan fingerprint density at radius 2 is 1.87 bits per heavy atom. The van der Waals surface area contributed by atoms with Crippen molar-refractivity contribution in [2.75, 3.05) is 13.2 Å². The van der Waals surface area contributed by atoms with E-state index in [9.17, 15) is 0 Å². The molecule has 1 atom stereocenters. The van der Waals surface area contributed by atoms with E-state index in [-0.39, 0.29) is 4.83 Å². The summed E-state index contributed by atoms with van der Waals surface area (Å²) in [4.78, 5) is 0.162. The first-order valence-electron chi connectivity index (χ1n) is 4.79. The van der Waals surface area contributed by atoms with Gasteiger partial charge in [-0.1, -0.05) is 50.7 Å². The normalized spacial score (nSPS) is 23.0. The van der Waals surface area contributed by atoms with Crippen LogP contribution in [0, 0.1) is 0 Å². The van der Waals surface area contributed by atoms with Crippen molar-refractivity contribution in [3.05, 3.63) is 0 Å². The van der Waals surface area contributed by atoms with Gasteiger partial charge < -0.3 is 9.47 Å². The van der Waals surface area contributed by atoms with E-state index in [4.69, 9.17) is 44.3 Å². The van der Waals surface area contributed by atoms with E-state index < -0.39 is 9.58 Å². The minimum Gasteiger partial charge on any atom is -0.348 e. The van der Waals surface area contributed by atoms with Crippen molar-refractivity contribution in [2.24, 2.45) is 0 Å². The lowest BCUT2D eigenvalue weighted by molar-refractivity contribution is -0.147. The van der Waals surface area contributed by atoms with Gasteiger partial charge in [-0.3, -0.25) is 0 Å². The van der Waals surface area contributed by atoms with Crippen molar-refractivity contribution in [1.29, 1.82) is 0 Å². The Hall–Kier alpha value is 1.27. The molecule has 1 heterocycles. The molecule has 0 aromatic carbocycles. The summed E-state index contributed by atoms with van der Waals surface area (Å²) >= 11 is 20.6. The first-order valence-corrected chi connectivity index (χ1v) is 6.84. The molecule has 0 radical (unpaired) electrons. The van der Waals surface area contributed by atoms with Gasteiger partial charge in [0, 0.05) is 17.7 Å². The first kappa shape index (κ1) is 14.3. The number of alkyl halides is 4. The summed E-state index contributed by atoms with van der Waals surface area (Å²) in [7, 11) is 0. The first-order chi connectivity index (χ1) is 6.81. The molecule has 6 heteroatoms. The molecule has 0 bridgehead atoms. The van der Waals surface area contributed by atoms with Crippen LogP contribution in [0.15, 0.2) is 0 Å². The second-order valence-electron chi connectivity index (χ2n) is 3.79. The molecule has 0 N–H and O–H groups in total.